The Bertz CT molecular complexity index is 463. The van der Waals surface area contributed by atoms with Crippen LogP contribution in [0, 0.1) is 0 Å². The maximum Gasteiger partial charge on any atom is 0.224 e. The number of hydrogen-bond donors (Lipinski definition) is 1. The summed E-state index contributed by atoms with van der Waals surface area (Å²) in [6.07, 6.45) is 3.86. The number of hydrogen-bond acceptors (Lipinski definition) is 4. The van der Waals surface area contributed by atoms with Crippen LogP contribution in [-0.2, 0) is 0 Å². The zero-order valence-corrected chi connectivity index (χ0v) is 7.71. The van der Waals surface area contributed by atoms with Gasteiger partial charge in [-0.1, -0.05) is 0 Å². The first-order chi connectivity index (χ1) is 7.27. The van der Waals surface area contributed by atoms with Crippen molar-refractivity contribution in [2.24, 2.45) is 0 Å². The van der Waals surface area contributed by atoms with Crippen molar-refractivity contribution in [3.63, 3.8) is 0 Å². The van der Waals surface area contributed by atoms with Gasteiger partial charge in [0.25, 0.3) is 0 Å². The molecular formula is C11H8O4. The number of allylic oxidation sites excluding steroid dienone is 1. The second-order valence-corrected chi connectivity index (χ2v) is 2.85. The highest BCUT2D eigenvalue weighted by atomic mass is 16.4. The number of ketones is 1. The lowest BCUT2D eigenvalue weighted by Crippen LogP contribution is -1.93. The van der Waals surface area contributed by atoms with Crippen molar-refractivity contribution in [3.8, 4) is 0 Å². The Hall–Kier alpha value is -2.23. The summed E-state index contributed by atoms with van der Waals surface area (Å²) in [6.45, 7) is 0. The Morgan fingerprint density at radius 1 is 1.13 bits per heavy atom. The molecular weight excluding hydrogens is 196 g/mol. The third-order valence-electron chi connectivity index (χ3n) is 1.81. The molecule has 0 aliphatic carbocycles. The average molecular weight is 204 g/mol. The van der Waals surface area contributed by atoms with E-state index in [9.17, 15) is 9.90 Å². The smallest absolute Gasteiger partial charge is 0.224 e. The molecule has 0 radical (unpaired) electrons. The molecule has 0 atom stereocenters. The lowest BCUT2D eigenvalue weighted by atomic mass is 10.2. The summed E-state index contributed by atoms with van der Waals surface area (Å²) in [7, 11) is 0. The van der Waals surface area contributed by atoms with Gasteiger partial charge in [-0.15, -0.1) is 0 Å². The molecule has 4 heteroatoms. The molecule has 0 amide bonds. The zero-order valence-electron chi connectivity index (χ0n) is 7.71. The van der Waals surface area contributed by atoms with Gasteiger partial charge in [-0.3, -0.25) is 4.79 Å². The molecule has 2 aromatic rings. The topological polar surface area (TPSA) is 63.6 Å². The van der Waals surface area contributed by atoms with Crippen molar-refractivity contribution in [3.05, 3.63) is 54.4 Å². The maximum absolute atomic E-state index is 11.4. The number of aliphatic hydroxyl groups excluding tert-OH is 1. The predicted molar refractivity (Wildman–Crippen MR) is 52.4 cm³/mol. The monoisotopic (exact) mass is 204 g/mol. The standard InChI is InChI=1S/C11H8O4/c12-8(10-3-1-5-14-10)7-9(13)11-4-2-6-15-11/h1-7,12H. The van der Waals surface area contributed by atoms with Crippen LogP contribution in [0.2, 0.25) is 0 Å². The van der Waals surface area contributed by atoms with E-state index in [-0.39, 0.29) is 17.3 Å². The minimum absolute atomic E-state index is 0.174. The van der Waals surface area contributed by atoms with Gasteiger partial charge >= 0.3 is 0 Å². The lowest BCUT2D eigenvalue weighted by molar-refractivity contribution is 0.102. The SMILES string of the molecule is O=C(C=C(O)c1ccco1)c1ccco1. The van der Waals surface area contributed by atoms with E-state index in [1.54, 1.807) is 18.2 Å². The molecule has 2 rings (SSSR count). The van der Waals surface area contributed by atoms with Crippen LogP contribution in [0.25, 0.3) is 5.76 Å². The van der Waals surface area contributed by atoms with Gasteiger partial charge in [0.05, 0.1) is 12.5 Å². The van der Waals surface area contributed by atoms with Gasteiger partial charge in [-0.2, -0.15) is 0 Å². The van der Waals surface area contributed by atoms with E-state index in [1.165, 1.54) is 18.6 Å². The summed E-state index contributed by atoms with van der Waals surface area (Å²) in [4.78, 5) is 11.4. The Morgan fingerprint density at radius 3 is 2.27 bits per heavy atom. The Kier molecular flexibility index (Phi) is 2.41. The molecule has 0 bridgehead atoms. The van der Waals surface area contributed by atoms with Gasteiger partial charge in [0.1, 0.15) is 0 Å². The predicted octanol–water partition coefficient (Wildman–Crippen LogP) is 2.65. The van der Waals surface area contributed by atoms with Crippen LogP contribution in [-0.4, -0.2) is 10.9 Å². The largest absolute Gasteiger partial charge is 0.504 e. The quantitative estimate of drug-likeness (QED) is 0.474. The molecule has 0 fully saturated rings. The third-order valence-corrected chi connectivity index (χ3v) is 1.81. The molecule has 0 saturated heterocycles. The summed E-state index contributed by atoms with van der Waals surface area (Å²) in [5.74, 6) is -0.210. The van der Waals surface area contributed by atoms with E-state index in [4.69, 9.17) is 8.83 Å². The van der Waals surface area contributed by atoms with E-state index < -0.39 is 5.78 Å². The number of carbonyl (C=O) groups is 1. The molecule has 0 aliphatic rings. The molecule has 0 aromatic carbocycles. The van der Waals surface area contributed by atoms with E-state index in [0.29, 0.717) is 0 Å². The number of rotatable bonds is 3. The van der Waals surface area contributed by atoms with Crippen LogP contribution in [0.4, 0.5) is 0 Å². The van der Waals surface area contributed by atoms with Gasteiger partial charge in [0.2, 0.25) is 5.78 Å². The molecule has 15 heavy (non-hydrogen) atoms. The molecule has 0 saturated carbocycles. The van der Waals surface area contributed by atoms with Crippen molar-refractivity contribution in [1.29, 1.82) is 0 Å². The third kappa shape index (κ3) is 1.99. The highest BCUT2D eigenvalue weighted by Gasteiger charge is 2.09. The van der Waals surface area contributed by atoms with E-state index in [2.05, 4.69) is 0 Å². The van der Waals surface area contributed by atoms with E-state index >= 15 is 0 Å². The normalized spacial score (nSPS) is 11.6. The molecule has 0 spiro atoms. The van der Waals surface area contributed by atoms with Crippen LogP contribution < -0.4 is 0 Å². The number of carbonyl (C=O) groups excluding carboxylic acids is 1. The maximum atomic E-state index is 11.4. The van der Waals surface area contributed by atoms with Gasteiger partial charge in [-0.25, -0.2) is 0 Å². The second-order valence-electron chi connectivity index (χ2n) is 2.85. The minimum Gasteiger partial charge on any atom is -0.504 e. The van der Waals surface area contributed by atoms with Crippen LogP contribution >= 0.6 is 0 Å². The minimum atomic E-state index is -0.408. The molecule has 2 heterocycles. The molecule has 76 valence electrons. The van der Waals surface area contributed by atoms with Crippen LogP contribution in [0.3, 0.4) is 0 Å². The van der Waals surface area contributed by atoms with Gasteiger partial charge in [0, 0.05) is 6.08 Å². The van der Waals surface area contributed by atoms with Crippen molar-refractivity contribution in [1.82, 2.24) is 0 Å². The Labute approximate surface area is 85.4 Å². The van der Waals surface area contributed by atoms with Gasteiger partial charge in [-0.05, 0) is 24.3 Å². The van der Waals surface area contributed by atoms with Crippen LogP contribution in [0.5, 0.6) is 0 Å². The van der Waals surface area contributed by atoms with Gasteiger partial charge in [0.15, 0.2) is 17.3 Å². The van der Waals surface area contributed by atoms with Gasteiger partial charge < -0.3 is 13.9 Å². The Balaban J connectivity index is 2.21. The van der Waals surface area contributed by atoms with Crippen molar-refractivity contribution >= 4 is 11.5 Å². The van der Waals surface area contributed by atoms with Crippen molar-refractivity contribution in [2.45, 2.75) is 0 Å². The van der Waals surface area contributed by atoms with Crippen molar-refractivity contribution < 1.29 is 18.7 Å². The summed E-state index contributed by atoms with van der Waals surface area (Å²) in [5, 5.41) is 9.48. The highest BCUT2D eigenvalue weighted by Crippen LogP contribution is 2.13. The summed E-state index contributed by atoms with van der Waals surface area (Å²) in [5.41, 5.74) is 0. The lowest BCUT2D eigenvalue weighted by Gasteiger charge is -1.93. The summed E-state index contributed by atoms with van der Waals surface area (Å²) >= 11 is 0. The molecule has 4 nitrogen and oxygen atoms in total. The fourth-order valence-corrected chi connectivity index (χ4v) is 1.11. The van der Waals surface area contributed by atoms with E-state index in [0.717, 1.165) is 6.08 Å². The Morgan fingerprint density at radius 2 is 1.73 bits per heavy atom. The average Bonchev–Trinajstić information content (AvgIpc) is 2.91. The number of aliphatic hydroxyl groups is 1. The second kappa shape index (κ2) is 3.88. The summed E-state index contributed by atoms with van der Waals surface area (Å²) in [6, 6.07) is 6.30. The summed E-state index contributed by atoms with van der Waals surface area (Å²) < 4.78 is 9.79. The fraction of sp³-hybridized carbons (Fsp3) is 0. The molecule has 1 N–H and O–H groups in total. The van der Waals surface area contributed by atoms with Crippen LogP contribution in [0.1, 0.15) is 16.3 Å². The molecule has 2 aromatic heterocycles. The molecule has 0 aliphatic heterocycles. The first kappa shape index (κ1) is 9.33. The zero-order chi connectivity index (χ0) is 10.7. The molecule has 0 unspecified atom stereocenters. The fourth-order valence-electron chi connectivity index (χ4n) is 1.11. The first-order valence-corrected chi connectivity index (χ1v) is 4.30. The number of furan rings is 2. The van der Waals surface area contributed by atoms with E-state index in [1.807, 2.05) is 0 Å². The highest BCUT2D eigenvalue weighted by molar-refractivity contribution is 6.05. The first-order valence-electron chi connectivity index (χ1n) is 4.30. The van der Waals surface area contributed by atoms with Crippen LogP contribution in [0.15, 0.2) is 51.7 Å². The van der Waals surface area contributed by atoms with Crippen molar-refractivity contribution in [2.75, 3.05) is 0 Å².